The van der Waals surface area contributed by atoms with Crippen LogP contribution in [0.2, 0.25) is 0 Å². The van der Waals surface area contributed by atoms with Gasteiger partial charge >= 0.3 is 6.03 Å². The van der Waals surface area contributed by atoms with Crippen LogP contribution in [0.5, 0.6) is 11.5 Å². The van der Waals surface area contributed by atoms with Gasteiger partial charge in [-0.05, 0) is 74.8 Å². The van der Waals surface area contributed by atoms with Crippen LogP contribution in [-0.2, 0) is 0 Å². The molecule has 4 aromatic rings. The lowest BCUT2D eigenvalue weighted by atomic mass is 10.1. The maximum Gasteiger partial charge on any atom is 0.331 e. The van der Waals surface area contributed by atoms with Gasteiger partial charge in [0.05, 0.1) is 22.4 Å². The predicted molar refractivity (Wildman–Crippen MR) is 155 cm³/mol. The lowest BCUT2D eigenvalue weighted by Gasteiger charge is -2.29. The Kier molecular flexibility index (Phi) is 8.93. The number of aromatic nitrogens is 1. The second-order valence-corrected chi connectivity index (χ2v) is 9.48. The number of nitrogens with zero attached hydrogens (tertiary/aromatic N) is 2. The Labute approximate surface area is 227 Å². The summed E-state index contributed by atoms with van der Waals surface area (Å²) in [7, 11) is 1.56. The number of benzene rings is 2. The fourth-order valence-electron chi connectivity index (χ4n) is 4.29. The molecule has 2 aliphatic rings. The lowest BCUT2D eigenvalue weighted by molar-refractivity contribution is 0.0968. The molecular weight excluding hydrogens is 498 g/mol. The molecule has 4 heterocycles. The number of amides is 3. The minimum atomic E-state index is -0.330. The van der Waals surface area contributed by atoms with E-state index in [1.165, 1.54) is 37.3 Å². The molecule has 2 aromatic carbocycles. The fourth-order valence-corrected chi connectivity index (χ4v) is 5.35. The molecule has 3 amide bonds. The van der Waals surface area contributed by atoms with E-state index in [0.717, 1.165) is 22.4 Å². The minimum Gasteiger partial charge on any atom is -0.457 e. The van der Waals surface area contributed by atoms with Crippen LogP contribution in [0.15, 0.2) is 60.8 Å². The number of aryl methyl sites for hydroxylation is 1. The number of hydrogen-bond donors (Lipinski definition) is 3. The highest BCUT2D eigenvalue weighted by atomic mass is 32.1. The van der Waals surface area contributed by atoms with Gasteiger partial charge in [-0.2, -0.15) is 0 Å². The van der Waals surface area contributed by atoms with Gasteiger partial charge in [-0.15, -0.1) is 11.3 Å². The van der Waals surface area contributed by atoms with E-state index in [1.807, 2.05) is 69.3 Å². The first-order valence-electron chi connectivity index (χ1n) is 12.9. The Hall–Kier alpha value is -3.95. The van der Waals surface area contributed by atoms with Crippen LogP contribution >= 0.6 is 11.3 Å². The van der Waals surface area contributed by atoms with Gasteiger partial charge in [-0.25, -0.2) is 9.78 Å². The third kappa shape index (κ3) is 5.64. The largest absolute Gasteiger partial charge is 0.457 e. The molecule has 0 spiro atoms. The molecule has 0 saturated carbocycles. The van der Waals surface area contributed by atoms with E-state index in [0.29, 0.717) is 26.8 Å². The summed E-state index contributed by atoms with van der Waals surface area (Å²) in [6.45, 7) is 8.43. The Morgan fingerprint density at radius 2 is 1.76 bits per heavy atom. The van der Waals surface area contributed by atoms with Crippen molar-refractivity contribution in [2.75, 3.05) is 30.4 Å². The number of carbonyl (C=O) groups is 2. The van der Waals surface area contributed by atoms with Crippen molar-refractivity contribution in [1.29, 1.82) is 0 Å². The van der Waals surface area contributed by atoms with Crippen molar-refractivity contribution in [2.24, 2.45) is 0 Å². The number of para-hydroxylation sites is 1. The number of urea groups is 1. The van der Waals surface area contributed by atoms with Gasteiger partial charge in [-0.1, -0.05) is 32.0 Å². The van der Waals surface area contributed by atoms with Crippen molar-refractivity contribution in [3.8, 4) is 11.5 Å². The SMILES string of the molecule is C1CCNC1.CC.CNC(=O)c1sc2nccc3c2c1NC(=O)N3c1ccc(Oc2ccccc2)cc1C. The molecule has 198 valence electrons. The fraction of sp³-hybridized carbons (Fsp3) is 0.276. The molecule has 0 aliphatic carbocycles. The molecule has 2 aliphatic heterocycles. The highest BCUT2D eigenvalue weighted by Gasteiger charge is 2.33. The zero-order valence-electron chi connectivity index (χ0n) is 22.1. The molecule has 6 rings (SSSR count). The summed E-state index contributed by atoms with van der Waals surface area (Å²) in [6.07, 6.45) is 4.43. The third-order valence-corrected chi connectivity index (χ3v) is 7.12. The molecule has 8 nitrogen and oxygen atoms in total. The molecule has 0 unspecified atom stereocenters. The van der Waals surface area contributed by atoms with Crippen LogP contribution in [0.3, 0.4) is 0 Å². The first kappa shape index (κ1) is 27.1. The molecule has 1 saturated heterocycles. The molecule has 2 aromatic heterocycles. The van der Waals surface area contributed by atoms with Crippen molar-refractivity contribution in [1.82, 2.24) is 15.6 Å². The number of hydrogen-bond acceptors (Lipinski definition) is 6. The van der Waals surface area contributed by atoms with Gasteiger partial charge in [0.25, 0.3) is 5.91 Å². The number of nitrogens with one attached hydrogen (secondary N) is 3. The third-order valence-electron chi connectivity index (χ3n) is 6.02. The quantitative estimate of drug-likeness (QED) is 0.268. The first-order valence-corrected chi connectivity index (χ1v) is 13.7. The summed E-state index contributed by atoms with van der Waals surface area (Å²) in [5.41, 5.74) is 2.79. The average molecular weight is 532 g/mol. The van der Waals surface area contributed by atoms with Crippen molar-refractivity contribution in [3.05, 3.63) is 71.2 Å². The van der Waals surface area contributed by atoms with Gasteiger partial charge in [0.2, 0.25) is 0 Å². The summed E-state index contributed by atoms with van der Waals surface area (Å²) >= 11 is 1.26. The second kappa shape index (κ2) is 12.5. The zero-order valence-corrected chi connectivity index (χ0v) is 22.9. The van der Waals surface area contributed by atoms with Crippen LogP contribution in [0.25, 0.3) is 10.2 Å². The second-order valence-electron chi connectivity index (χ2n) is 8.48. The van der Waals surface area contributed by atoms with Gasteiger partial charge in [0, 0.05) is 13.2 Å². The van der Waals surface area contributed by atoms with E-state index in [1.54, 1.807) is 24.2 Å². The normalized spacial score (nSPS) is 13.6. The predicted octanol–water partition coefficient (Wildman–Crippen LogP) is 6.84. The molecule has 3 N–H and O–H groups in total. The number of anilines is 3. The molecule has 9 heteroatoms. The minimum absolute atomic E-state index is 0.253. The Balaban J connectivity index is 0.000000425. The molecular formula is C29H33N5O3S. The van der Waals surface area contributed by atoms with Crippen LogP contribution < -0.4 is 25.6 Å². The number of carbonyl (C=O) groups excluding carboxylic acids is 2. The Morgan fingerprint density at radius 1 is 1.03 bits per heavy atom. The van der Waals surface area contributed by atoms with E-state index in [4.69, 9.17) is 4.74 Å². The smallest absolute Gasteiger partial charge is 0.331 e. The van der Waals surface area contributed by atoms with E-state index in [-0.39, 0.29) is 11.9 Å². The maximum atomic E-state index is 13.1. The van der Waals surface area contributed by atoms with Crippen LogP contribution in [-0.4, -0.2) is 37.1 Å². The van der Waals surface area contributed by atoms with Gasteiger partial charge in [0.15, 0.2) is 0 Å². The summed E-state index contributed by atoms with van der Waals surface area (Å²) in [5, 5.41) is 9.48. The maximum absolute atomic E-state index is 13.1. The number of ether oxygens (including phenoxy) is 1. The van der Waals surface area contributed by atoms with Crippen molar-refractivity contribution in [2.45, 2.75) is 33.6 Å². The van der Waals surface area contributed by atoms with Crippen molar-refractivity contribution < 1.29 is 14.3 Å². The monoisotopic (exact) mass is 531 g/mol. The van der Waals surface area contributed by atoms with Gasteiger partial charge in [-0.3, -0.25) is 9.69 Å². The van der Waals surface area contributed by atoms with E-state index < -0.39 is 0 Å². The highest BCUT2D eigenvalue weighted by Crippen LogP contribution is 2.46. The highest BCUT2D eigenvalue weighted by molar-refractivity contribution is 7.21. The molecule has 0 bridgehead atoms. The molecule has 0 radical (unpaired) electrons. The van der Waals surface area contributed by atoms with Crippen molar-refractivity contribution in [3.63, 3.8) is 0 Å². The molecule has 0 atom stereocenters. The standard InChI is InChI=1S/C23H18N4O3S.C4H9N.C2H6/c1-13-12-15(30-14-6-4-3-5-7-14)8-9-16(13)27-17-10-11-25-22-18(17)19(26-23(27)29)20(31-22)21(28)24-2;1-2-4-5-3-1;1-2/h3-12H,1-2H3,(H,24,28)(H,26,29);5H,1-4H2;1-2H3. The van der Waals surface area contributed by atoms with Gasteiger partial charge in [0.1, 0.15) is 21.2 Å². The number of pyridine rings is 1. The Morgan fingerprint density at radius 3 is 2.39 bits per heavy atom. The summed E-state index contributed by atoms with van der Waals surface area (Å²) < 4.78 is 5.91. The zero-order chi connectivity index (χ0) is 27.1. The van der Waals surface area contributed by atoms with Crippen LogP contribution in [0.4, 0.5) is 21.9 Å². The average Bonchev–Trinajstić information content (AvgIpc) is 3.64. The van der Waals surface area contributed by atoms with Gasteiger partial charge < -0.3 is 20.7 Å². The number of thiophene rings is 1. The van der Waals surface area contributed by atoms with Crippen LogP contribution in [0.1, 0.15) is 41.9 Å². The molecule has 1 fully saturated rings. The number of rotatable bonds is 4. The summed E-state index contributed by atoms with van der Waals surface area (Å²) in [6, 6.07) is 16.6. The summed E-state index contributed by atoms with van der Waals surface area (Å²) in [5.74, 6) is 1.17. The first-order chi connectivity index (χ1) is 18.6. The van der Waals surface area contributed by atoms with E-state index >= 15 is 0 Å². The van der Waals surface area contributed by atoms with Crippen LogP contribution in [0, 0.1) is 6.92 Å². The molecule has 38 heavy (non-hydrogen) atoms. The summed E-state index contributed by atoms with van der Waals surface area (Å²) in [4.78, 5) is 32.6. The lowest BCUT2D eigenvalue weighted by Crippen LogP contribution is -2.35. The van der Waals surface area contributed by atoms with E-state index in [9.17, 15) is 9.59 Å². The topological polar surface area (TPSA) is 95.6 Å². The van der Waals surface area contributed by atoms with E-state index in [2.05, 4.69) is 20.9 Å². The van der Waals surface area contributed by atoms with Crippen molar-refractivity contribution >= 4 is 50.6 Å². The Bertz CT molecular complexity index is 1410.